The van der Waals surface area contributed by atoms with Gasteiger partial charge in [0.05, 0.1) is 12.1 Å². The number of likely N-dealkylation sites (tertiary alicyclic amines) is 1. The van der Waals surface area contributed by atoms with E-state index in [0.717, 1.165) is 61.1 Å². The molecule has 258 valence electrons. The molecular weight excluding hydrogens is 634 g/mol. The molecule has 0 aliphatic carbocycles. The largest absolute Gasteiger partial charge is 0.493 e. The average Bonchev–Trinajstić information content (AvgIpc) is 3.84. The van der Waals surface area contributed by atoms with Crippen LogP contribution in [0.2, 0.25) is 0 Å². The summed E-state index contributed by atoms with van der Waals surface area (Å²) in [6.07, 6.45) is 6.58. The number of aromatic amines is 1. The number of aromatic nitrogens is 2. The molecule has 3 saturated heterocycles. The van der Waals surface area contributed by atoms with Crippen LogP contribution in [-0.4, -0.2) is 82.7 Å². The van der Waals surface area contributed by atoms with Crippen LogP contribution >= 0.6 is 0 Å². The van der Waals surface area contributed by atoms with Gasteiger partial charge in [-0.25, -0.2) is 4.98 Å². The van der Waals surface area contributed by atoms with Gasteiger partial charge in [0.25, 0.3) is 11.8 Å². The van der Waals surface area contributed by atoms with Gasteiger partial charge >= 0.3 is 0 Å². The molecule has 3 N–H and O–H groups in total. The lowest BCUT2D eigenvalue weighted by Crippen LogP contribution is -2.52. The zero-order valence-electron chi connectivity index (χ0n) is 28.1. The van der Waals surface area contributed by atoms with Gasteiger partial charge in [0.1, 0.15) is 17.6 Å². The zero-order chi connectivity index (χ0) is 34.4. The third kappa shape index (κ3) is 6.19. The van der Waals surface area contributed by atoms with Crippen molar-refractivity contribution >= 4 is 46.0 Å². The summed E-state index contributed by atoms with van der Waals surface area (Å²) < 4.78 is 6.14. The fourth-order valence-electron chi connectivity index (χ4n) is 7.91. The van der Waals surface area contributed by atoms with E-state index in [-0.39, 0.29) is 24.1 Å². The van der Waals surface area contributed by atoms with Gasteiger partial charge in [-0.1, -0.05) is 6.07 Å². The van der Waals surface area contributed by atoms with Crippen molar-refractivity contribution in [3.63, 3.8) is 0 Å². The van der Waals surface area contributed by atoms with Crippen molar-refractivity contribution < 1.29 is 23.9 Å². The summed E-state index contributed by atoms with van der Waals surface area (Å²) in [6.45, 7) is 3.70. The molecule has 2 atom stereocenters. The van der Waals surface area contributed by atoms with Crippen molar-refractivity contribution in [3.05, 3.63) is 83.2 Å². The van der Waals surface area contributed by atoms with E-state index >= 15 is 0 Å². The predicted molar refractivity (Wildman–Crippen MR) is 188 cm³/mol. The number of fused-ring (bicyclic) bond motifs is 2. The van der Waals surface area contributed by atoms with Crippen molar-refractivity contribution in [2.45, 2.75) is 57.2 Å². The van der Waals surface area contributed by atoms with Gasteiger partial charge in [-0.2, -0.15) is 0 Å². The summed E-state index contributed by atoms with van der Waals surface area (Å²) in [5, 5.41) is 6.33. The summed E-state index contributed by atoms with van der Waals surface area (Å²) in [5.41, 5.74) is 5.28. The second-order valence-corrected chi connectivity index (χ2v) is 13.9. The first kappa shape index (κ1) is 32.0. The number of ether oxygens (including phenoxy) is 1. The van der Waals surface area contributed by atoms with E-state index in [4.69, 9.17) is 4.74 Å². The summed E-state index contributed by atoms with van der Waals surface area (Å²) in [6, 6.07) is 16.8. The van der Waals surface area contributed by atoms with Crippen LogP contribution in [-0.2, 0) is 16.1 Å². The molecule has 1 unspecified atom stereocenters. The lowest BCUT2D eigenvalue weighted by Gasteiger charge is -2.35. The highest BCUT2D eigenvalue weighted by molar-refractivity contribution is 6.06. The number of imide groups is 1. The van der Waals surface area contributed by atoms with Crippen molar-refractivity contribution in [1.82, 2.24) is 25.1 Å². The topological polar surface area (TPSA) is 140 Å². The molecule has 8 rings (SSSR count). The van der Waals surface area contributed by atoms with Crippen molar-refractivity contribution in [2.24, 2.45) is 5.92 Å². The summed E-state index contributed by atoms with van der Waals surface area (Å²) in [4.78, 5) is 64.7. The van der Waals surface area contributed by atoms with Gasteiger partial charge in [0, 0.05) is 77.8 Å². The maximum absolute atomic E-state index is 13.3. The average molecular weight is 676 g/mol. The Morgan fingerprint density at radius 1 is 0.980 bits per heavy atom. The first-order chi connectivity index (χ1) is 24.3. The van der Waals surface area contributed by atoms with E-state index < -0.39 is 11.9 Å². The smallest absolute Gasteiger partial charge is 0.256 e. The van der Waals surface area contributed by atoms with Gasteiger partial charge in [-0.3, -0.25) is 29.4 Å². The van der Waals surface area contributed by atoms with Crippen LogP contribution in [0.1, 0.15) is 76.5 Å². The van der Waals surface area contributed by atoms with Gasteiger partial charge in [-0.05, 0) is 94.1 Å². The Kier molecular flexibility index (Phi) is 8.47. The van der Waals surface area contributed by atoms with Crippen LogP contribution in [0.5, 0.6) is 5.75 Å². The Hall–Kier alpha value is -5.23. The molecule has 12 heteroatoms. The number of piperidine rings is 2. The number of pyridine rings is 1. The molecule has 0 saturated carbocycles. The van der Waals surface area contributed by atoms with Crippen LogP contribution in [0.4, 0.5) is 11.5 Å². The van der Waals surface area contributed by atoms with Gasteiger partial charge in [0.2, 0.25) is 11.8 Å². The molecule has 0 radical (unpaired) electrons. The third-order valence-electron chi connectivity index (χ3n) is 10.8. The minimum absolute atomic E-state index is 0.154. The normalized spacial score (nSPS) is 21.5. The molecular formula is C38H41N7O5. The van der Waals surface area contributed by atoms with Crippen LogP contribution in [0.3, 0.4) is 0 Å². The monoisotopic (exact) mass is 675 g/mol. The molecule has 2 aromatic carbocycles. The Morgan fingerprint density at radius 3 is 2.56 bits per heavy atom. The number of hydrogen-bond donors (Lipinski definition) is 3. The van der Waals surface area contributed by atoms with Crippen LogP contribution in [0.15, 0.2) is 60.8 Å². The Balaban J connectivity index is 0.829. The number of carbonyl (C=O) groups excluding carboxylic acids is 4. The number of hydrogen-bond acceptors (Lipinski definition) is 8. The fraction of sp³-hybridized carbons (Fsp3) is 0.395. The summed E-state index contributed by atoms with van der Waals surface area (Å²) >= 11 is 0. The van der Waals surface area contributed by atoms with E-state index in [9.17, 15) is 19.2 Å². The number of H-pyrrole nitrogens is 1. The Morgan fingerprint density at radius 2 is 1.80 bits per heavy atom. The van der Waals surface area contributed by atoms with Crippen LogP contribution in [0.25, 0.3) is 10.9 Å². The molecule has 0 bridgehead atoms. The lowest BCUT2D eigenvalue weighted by molar-refractivity contribution is -0.136. The summed E-state index contributed by atoms with van der Waals surface area (Å²) in [5.74, 6) is 0.519. The van der Waals surface area contributed by atoms with E-state index in [1.165, 1.54) is 12.1 Å². The maximum atomic E-state index is 13.3. The number of benzene rings is 2. The number of anilines is 2. The highest BCUT2D eigenvalue weighted by atomic mass is 16.5. The lowest BCUT2D eigenvalue weighted by atomic mass is 9.96. The highest BCUT2D eigenvalue weighted by Crippen LogP contribution is 2.36. The first-order valence-corrected chi connectivity index (χ1v) is 17.6. The number of carbonyl (C=O) groups is 4. The second-order valence-electron chi connectivity index (χ2n) is 13.9. The first-order valence-electron chi connectivity index (χ1n) is 17.6. The number of amides is 4. The molecule has 6 heterocycles. The van der Waals surface area contributed by atoms with Crippen molar-refractivity contribution in [3.8, 4) is 5.75 Å². The van der Waals surface area contributed by atoms with Crippen LogP contribution in [0, 0.1) is 5.92 Å². The minimum atomic E-state index is -0.624. The Labute approximate surface area is 290 Å². The third-order valence-corrected chi connectivity index (χ3v) is 10.8. The van der Waals surface area contributed by atoms with Crippen molar-refractivity contribution in [2.75, 3.05) is 43.5 Å². The summed E-state index contributed by atoms with van der Waals surface area (Å²) in [7, 11) is 2.15. The number of rotatable bonds is 8. The van der Waals surface area contributed by atoms with Gasteiger partial charge in [0.15, 0.2) is 0 Å². The van der Waals surface area contributed by atoms with E-state index in [1.54, 1.807) is 23.2 Å². The van der Waals surface area contributed by atoms with Gasteiger partial charge < -0.3 is 24.8 Å². The molecule has 4 aliphatic heterocycles. The standard InChI is InChI=1S/C38H41N7O5/c1-43-15-3-6-32(43)30-18-25-20-39-34(19-29(25)40-30)41-36(47)24-7-9-26(10-8-24)50-22-23-13-16-44(17-14-23)31-5-2-4-27-28(31)21-45(38(27)49)33-11-12-35(46)42-37(33)48/h2,4-5,7-10,18-20,23,32-33,40H,3,6,11-17,21-22H2,1H3,(H,39,41,47)(H,42,46,48)/t32-,33?/m1/s1. The van der Waals surface area contributed by atoms with Crippen LogP contribution < -0.4 is 20.3 Å². The zero-order valence-corrected chi connectivity index (χ0v) is 28.1. The quantitative estimate of drug-likeness (QED) is 0.230. The molecule has 3 fully saturated rings. The molecule has 4 aliphatic rings. The molecule has 0 spiro atoms. The molecule has 4 amide bonds. The maximum Gasteiger partial charge on any atom is 0.256 e. The molecule has 12 nitrogen and oxygen atoms in total. The van der Waals surface area contributed by atoms with E-state index in [1.807, 2.05) is 30.3 Å². The van der Waals surface area contributed by atoms with E-state index in [0.29, 0.717) is 54.2 Å². The van der Waals surface area contributed by atoms with E-state index in [2.05, 4.69) is 49.6 Å². The molecule has 50 heavy (non-hydrogen) atoms. The fourth-order valence-corrected chi connectivity index (χ4v) is 7.91. The predicted octanol–water partition coefficient (Wildman–Crippen LogP) is 4.64. The number of nitrogens with one attached hydrogen (secondary N) is 3. The van der Waals surface area contributed by atoms with Gasteiger partial charge in [-0.15, -0.1) is 0 Å². The second kappa shape index (κ2) is 13.2. The van der Waals surface area contributed by atoms with Crippen molar-refractivity contribution in [1.29, 1.82) is 0 Å². The molecule has 4 aromatic rings. The SMILES string of the molecule is CN1CCC[C@@H]1c1cc2cnc(NC(=O)c3ccc(OCC4CCN(c5cccc6c5CN(C5CCC(=O)NC5=O)C6=O)CC4)cc3)cc2[nH]1. The number of nitrogens with zero attached hydrogens (tertiary/aromatic N) is 4. The molecule has 2 aromatic heterocycles. The minimum Gasteiger partial charge on any atom is -0.493 e. The Bertz CT molecular complexity index is 1970. The highest BCUT2D eigenvalue weighted by Gasteiger charge is 2.40.